The van der Waals surface area contributed by atoms with Gasteiger partial charge in [-0.15, -0.1) is 0 Å². The molecule has 32 heavy (non-hydrogen) atoms. The maximum Gasteiger partial charge on any atom is 0.295 e. The molecule has 1 amide bonds. The van der Waals surface area contributed by atoms with Crippen molar-refractivity contribution in [1.82, 2.24) is 19.2 Å². The molecular formula is C24H25ClN4O3. The van der Waals surface area contributed by atoms with E-state index in [0.29, 0.717) is 40.6 Å². The van der Waals surface area contributed by atoms with Gasteiger partial charge in [-0.05, 0) is 63.8 Å². The first kappa shape index (κ1) is 22.0. The van der Waals surface area contributed by atoms with Crippen molar-refractivity contribution in [3.63, 3.8) is 0 Å². The maximum absolute atomic E-state index is 13.2. The summed E-state index contributed by atoms with van der Waals surface area (Å²) in [4.78, 5) is 34.3. The molecule has 1 aliphatic rings. The number of carbonyl (C=O) groups is 2. The van der Waals surface area contributed by atoms with Crippen molar-refractivity contribution >= 4 is 34.7 Å². The minimum atomic E-state index is -0.732. The number of amides is 1. The maximum atomic E-state index is 13.2. The molecule has 1 saturated heterocycles. The average Bonchev–Trinajstić information content (AvgIpc) is 3.21. The monoisotopic (exact) mass is 452 g/mol. The summed E-state index contributed by atoms with van der Waals surface area (Å²) in [7, 11) is 3.91. The molecule has 7 nitrogen and oxygen atoms in total. The summed E-state index contributed by atoms with van der Waals surface area (Å²) in [6.07, 6.45) is 2.46. The minimum absolute atomic E-state index is 0.0517. The summed E-state index contributed by atoms with van der Waals surface area (Å²) in [6.45, 7) is 2.91. The number of ketones is 1. The predicted octanol–water partition coefficient (Wildman–Crippen LogP) is 3.67. The fourth-order valence-electron chi connectivity index (χ4n) is 4.22. The summed E-state index contributed by atoms with van der Waals surface area (Å²) in [5, 5.41) is 11.9. The van der Waals surface area contributed by atoms with Crippen molar-refractivity contribution in [2.75, 3.05) is 27.2 Å². The van der Waals surface area contributed by atoms with Crippen molar-refractivity contribution < 1.29 is 14.7 Å². The normalized spacial score (nSPS) is 18.3. The van der Waals surface area contributed by atoms with Gasteiger partial charge in [-0.3, -0.25) is 14.0 Å². The van der Waals surface area contributed by atoms with Crippen LogP contribution in [0.5, 0.6) is 0 Å². The van der Waals surface area contributed by atoms with Crippen LogP contribution in [0.4, 0.5) is 0 Å². The summed E-state index contributed by atoms with van der Waals surface area (Å²) in [5.41, 5.74) is 2.34. The fourth-order valence-corrected chi connectivity index (χ4v) is 4.42. The minimum Gasteiger partial charge on any atom is -0.505 e. The zero-order valence-corrected chi connectivity index (χ0v) is 19.0. The van der Waals surface area contributed by atoms with Crippen LogP contribution in [0.15, 0.2) is 54.2 Å². The second-order valence-electron chi connectivity index (χ2n) is 8.18. The number of aryl methyl sites for hydroxylation is 1. The predicted molar refractivity (Wildman–Crippen MR) is 124 cm³/mol. The van der Waals surface area contributed by atoms with Gasteiger partial charge in [0.2, 0.25) is 0 Å². The van der Waals surface area contributed by atoms with E-state index in [1.54, 1.807) is 35.7 Å². The number of rotatable bonds is 6. The first-order valence-electron chi connectivity index (χ1n) is 10.4. The standard InChI is InChI=1S/C24H25ClN4O3/c1-15-20(28-12-5-4-10-18(28)26-15)22(30)19-21(16-8-6-9-17(25)14-16)29(24(32)23(19)31)13-7-11-27(2)3/h4-6,8-10,12,14,21,30H,7,11,13H2,1-3H3/t21-/m0/s1. The Morgan fingerprint density at radius 3 is 2.69 bits per heavy atom. The molecule has 166 valence electrons. The van der Waals surface area contributed by atoms with Crippen LogP contribution in [-0.2, 0) is 9.59 Å². The van der Waals surface area contributed by atoms with Gasteiger partial charge in [0.25, 0.3) is 11.7 Å². The van der Waals surface area contributed by atoms with Gasteiger partial charge in [0.05, 0.1) is 17.3 Å². The number of aliphatic hydroxyl groups excluding tert-OH is 1. The number of Topliss-reactive ketones (excluding diaryl/α,β-unsaturated/α-hetero) is 1. The molecule has 1 fully saturated rings. The van der Waals surface area contributed by atoms with Crippen LogP contribution >= 0.6 is 11.6 Å². The zero-order valence-electron chi connectivity index (χ0n) is 18.2. The highest BCUT2D eigenvalue weighted by Crippen LogP contribution is 2.40. The van der Waals surface area contributed by atoms with Crippen molar-refractivity contribution in [3.8, 4) is 0 Å². The van der Waals surface area contributed by atoms with E-state index < -0.39 is 17.7 Å². The largest absolute Gasteiger partial charge is 0.505 e. The Kier molecular flexibility index (Phi) is 6.04. The molecule has 0 unspecified atom stereocenters. The number of benzene rings is 1. The SMILES string of the molecule is Cc1nc2ccccn2c1C(O)=C1C(=O)C(=O)N(CCCN(C)C)[C@H]1c1cccc(Cl)c1. The van der Waals surface area contributed by atoms with E-state index in [-0.39, 0.29) is 11.3 Å². The van der Waals surface area contributed by atoms with Gasteiger partial charge in [0.15, 0.2) is 5.76 Å². The van der Waals surface area contributed by atoms with Crippen LogP contribution in [0.1, 0.15) is 29.4 Å². The Hall–Kier alpha value is -3.16. The van der Waals surface area contributed by atoms with Crippen molar-refractivity contribution in [3.05, 3.63) is 76.2 Å². The first-order chi connectivity index (χ1) is 15.3. The highest BCUT2D eigenvalue weighted by atomic mass is 35.5. The van der Waals surface area contributed by atoms with E-state index in [1.165, 1.54) is 4.90 Å². The fraction of sp³-hybridized carbons (Fsp3) is 0.292. The Morgan fingerprint density at radius 1 is 1.19 bits per heavy atom. The Balaban J connectivity index is 1.89. The third-order valence-electron chi connectivity index (χ3n) is 5.64. The van der Waals surface area contributed by atoms with Crippen LogP contribution in [-0.4, -0.2) is 63.2 Å². The van der Waals surface area contributed by atoms with E-state index >= 15 is 0 Å². The van der Waals surface area contributed by atoms with Crippen molar-refractivity contribution in [2.45, 2.75) is 19.4 Å². The topological polar surface area (TPSA) is 78.1 Å². The lowest BCUT2D eigenvalue weighted by molar-refractivity contribution is -0.139. The Morgan fingerprint density at radius 2 is 1.97 bits per heavy atom. The molecule has 1 aromatic carbocycles. The number of carbonyl (C=O) groups excluding carboxylic acids is 2. The molecule has 1 N–H and O–H groups in total. The van der Waals surface area contributed by atoms with Gasteiger partial charge < -0.3 is 14.9 Å². The van der Waals surface area contributed by atoms with E-state index in [0.717, 1.165) is 6.54 Å². The Labute approximate surface area is 191 Å². The lowest BCUT2D eigenvalue weighted by atomic mass is 9.96. The second-order valence-corrected chi connectivity index (χ2v) is 8.62. The zero-order chi connectivity index (χ0) is 23.0. The molecule has 1 atom stereocenters. The number of aromatic nitrogens is 2. The first-order valence-corrected chi connectivity index (χ1v) is 10.8. The molecule has 2 aromatic heterocycles. The number of nitrogens with zero attached hydrogens (tertiary/aromatic N) is 4. The summed E-state index contributed by atoms with van der Waals surface area (Å²) in [6, 6.07) is 11.8. The van der Waals surface area contributed by atoms with E-state index in [9.17, 15) is 14.7 Å². The molecule has 3 aromatic rings. The molecule has 0 bridgehead atoms. The quantitative estimate of drug-likeness (QED) is 0.351. The molecule has 0 radical (unpaired) electrons. The molecular weight excluding hydrogens is 428 g/mol. The van der Waals surface area contributed by atoms with Crippen LogP contribution < -0.4 is 0 Å². The highest BCUT2D eigenvalue weighted by Gasteiger charge is 2.46. The third-order valence-corrected chi connectivity index (χ3v) is 5.87. The van der Waals surface area contributed by atoms with E-state index in [1.807, 2.05) is 43.3 Å². The Bertz CT molecular complexity index is 1230. The number of halogens is 1. The number of imidazole rings is 1. The van der Waals surface area contributed by atoms with E-state index in [2.05, 4.69) is 4.98 Å². The molecule has 1 aliphatic heterocycles. The molecule has 4 rings (SSSR count). The summed E-state index contributed by atoms with van der Waals surface area (Å²) >= 11 is 6.23. The number of likely N-dealkylation sites (tertiary alicyclic amines) is 1. The molecule has 0 aliphatic carbocycles. The number of pyridine rings is 1. The average molecular weight is 453 g/mol. The van der Waals surface area contributed by atoms with Gasteiger partial charge in [-0.1, -0.05) is 29.8 Å². The highest BCUT2D eigenvalue weighted by molar-refractivity contribution is 6.46. The molecule has 8 heteroatoms. The smallest absolute Gasteiger partial charge is 0.295 e. The van der Waals surface area contributed by atoms with Crippen LogP contribution in [0.25, 0.3) is 11.4 Å². The van der Waals surface area contributed by atoms with Crippen LogP contribution in [0, 0.1) is 6.92 Å². The van der Waals surface area contributed by atoms with Gasteiger partial charge in [0, 0.05) is 17.8 Å². The van der Waals surface area contributed by atoms with Gasteiger partial charge >= 0.3 is 0 Å². The lowest BCUT2D eigenvalue weighted by Crippen LogP contribution is -2.32. The van der Waals surface area contributed by atoms with Crippen LogP contribution in [0.3, 0.4) is 0 Å². The number of hydrogen-bond acceptors (Lipinski definition) is 5. The number of fused-ring (bicyclic) bond motifs is 1. The lowest BCUT2D eigenvalue weighted by Gasteiger charge is -2.26. The second kappa shape index (κ2) is 8.76. The third kappa shape index (κ3) is 3.89. The number of aliphatic hydroxyl groups is 1. The molecule has 0 spiro atoms. The molecule has 0 saturated carbocycles. The van der Waals surface area contributed by atoms with Crippen LogP contribution in [0.2, 0.25) is 5.02 Å². The summed E-state index contributed by atoms with van der Waals surface area (Å²) < 4.78 is 1.72. The van der Waals surface area contributed by atoms with Gasteiger partial charge in [-0.25, -0.2) is 4.98 Å². The van der Waals surface area contributed by atoms with Crippen molar-refractivity contribution in [2.24, 2.45) is 0 Å². The van der Waals surface area contributed by atoms with Gasteiger partial charge in [-0.2, -0.15) is 0 Å². The number of hydrogen-bond donors (Lipinski definition) is 1. The molecule has 3 heterocycles. The summed E-state index contributed by atoms with van der Waals surface area (Å²) in [5.74, 6) is -1.57. The van der Waals surface area contributed by atoms with Gasteiger partial charge in [0.1, 0.15) is 11.3 Å². The van der Waals surface area contributed by atoms with Crippen molar-refractivity contribution in [1.29, 1.82) is 0 Å². The van der Waals surface area contributed by atoms with E-state index in [4.69, 9.17) is 11.6 Å².